The number of ether oxygens (including phenoxy) is 1. The van der Waals surface area contributed by atoms with Gasteiger partial charge in [0.2, 0.25) is 5.91 Å². The molecule has 5 nitrogen and oxygen atoms in total. The molecule has 0 N–H and O–H groups in total. The number of thiophene rings is 1. The predicted molar refractivity (Wildman–Crippen MR) is 102 cm³/mol. The van der Waals surface area contributed by atoms with E-state index in [1.165, 1.54) is 10.9 Å². The molecule has 0 radical (unpaired) electrons. The third kappa shape index (κ3) is 2.86. The zero-order valence-corrected chi connectivity index (χ0v) is 16.1. The number of nitrogens with zero attached hydrogens (tertiary/aromatic N) is 2. The molecule has 0 spiro atoms. The summed E-state index contributed by atoms with van der Waals surface area (Å²) >= 11 is 1.69. The molecular weight excluding hydrogens is 348 g/mol. The first-order chi connectivity index (χ1) is 12.5. The summed E-state index contributed by atoms with van der Waals surface area (Å²) in [7, 11) is 1.75. The molecule has 2 aromatic rings. The third-order valence-electron chi connectivity index (χ3n) is 5.77. The van der Waals surface area contributed by atoms with E-state index in [9.17, 15) is 9.59 Å². The SMILES string of the molecule is Cc1cc(OC2CN(C(=O)C3(c4cccs4)CCCC3)C2)cc(=O)n1C. The van der Waals surface area contributed by atoms with E-state index in [1.54, 1.807) is 23.0 Å². The van der Waals surface area contributed by atoms with Gasteiger partial charge >= 0.3 is 0 Å². The van der Waals surface area contributed by atoms with Gasteiger partial charge in [-0.05, 0) is 37.3 Å². The minimum Gasteiger partial charge on any atom is -0.486 e. The lowest BCUT2D eigenvalue weighted by molar-refractivity contribution is -0.146. The Morgan fingerprint density at radius 1 is 1.27 bits per heavy atom. The number of aryl methyl sites for hydroxylation is 1. The normalized spacial score (nSPS) is 19.4. The van der Waals surface area contributed by atoms with Crippen molar-refractivity contribution in [2.45, 2.75) is 44.1 Å². The summed E-state index contributed by atoms with van der Waals surface area (Å²) in [6.07, 6.45) is 4.09. The largest absolute Gasteiger partial charge is 0.486 e. The maximum Gasteiger partial charge on any atom is 0.254 e. The summed E-state index contributed by atoms with van der Waals surface area (Å²) in [6.45, 7) is 3.08. The number of likely N-dealkylation sites (tertiary alicyclic amines) is 1. The van der Waals surface area contributed by atoms with Crippen molar-refractivity contribution in [2.75, 3.05) is 13.1 Å². The van der Waals surface area contributed by atoms with Crippen LogP contribution in [-0.2, 0) is 17.3 Å². The minimum absolute atomic E-state index is 0.0350. The molecule has 2 aliphatic rings. The van der Waals surface area contributed by atoms with Crippen LogP contribution in [0, 0.1) is 6.92 Å². The number of rotatable bonds is 4. The van der Waals surface area contributed by atoms with Gasteiger partial charge in [-0.25, -0.2) is 0 Å². The number of carbonyl (C=O) groups is 1. The summed E-state index contributed by atoms with van der Waals surface area (Å²) in [5.41, 5.74) is 0.468. The van der Waals surface area contributed by atoms with E-state index in [0.717, 1.165) is 31.4 Å². The molecule has 4 rings (SSSR count). The van der Waals surface area contributed by atoms with E-state index in [4.69, 9.17) is 4.74 Å². The van der Waals surface area contributed by atoms with Crippen LogP contribution in [0.4, 0.5) is 0 Å². The van der Waals surface area contributed by atoms with Gasteiger partial charge in [0.05, 0.1) is 18.5 Å². The van der Waals surface area contributed by atoms with Gasteiger partial charge in [-0.2, -0.15) is 0 Å². The van der Waals surface area contributed by atoms with Gasteiger partial charge in [-0.15, -0.1) is 11.3 Å². The lowest BCUT2D eigenvalue weighted by Gasteiger charge is -2.43. The van der Waals surface area contributed by atoms with E-state index < -0.39 is 0 Å². The van der Waals surface area contributed by atoms with E-state index in [2.05, 4.69) is 11.4 Å². The van der Waals surface area contributed by atoms with Crippen LogP contribution in [0.3, 0.4) is 0 Å². The van der Waals surface area contributed by atoms with Gasteiger partial charge in [-0.3, -0.25) is 9.59 Å². The fourth-order valence-corrected chi connectivity index (χ4v) is 5.05. The van der Waals surface area contributed by atoms with Crippen LogP contribution in [0.5, 0.6) is 5.75 Å². The van der Waals surface area contributed by atoms with Crippen LogP contribution >= 0.6 is 11.3 Å². The van der Waals surface area contributed by atoms with Crippen molar-refractivity contribution in [1.82, 2.24) is 9.47 Å². The van der Waals surface area contributed by atoms with Gasteiger partial charge in [0, 0.05) is 23.7 Å². The second-order valence-electron chi connectivity index (χ2n) is 7.45. The highest BCUT2D eigenvalue weighted by atomic mass is 32.1. The van der Waals surface area contributed by atoms with Gasteiger partial charge in [0.1, 0.15) is 11.9 Å². The Kier molecular flexibility index (Phi) is 4.39. The molecule has 0 aromatic carbocycles. The molecule has 1 amide bonds. The van der Waals surface area contributed by atoms with Crippen LogP contribution in [0.2, 0.25) is 0 Å². The molecule has 1 saturated heterocycles. The van der Waals surface area contributed by atoms with Crippen molar-refractivity contribution in [2.24, 2.45) is 7.05 Å². The Hall–Kier alpha value is -2.08. The van der Waals surface area contributed by atoms with Crippen LogP contribution in [0.15, 0.2) is 34.4 Å². The molecule has 1 saturated carbocycles. The first-order valence-electron chi connectivity index (χ1n) is 9.17. The van der Waals surface area contributed by atoms with Crippen molar-refractivity contribution in [1.29, 1.82) is 0 Å². The fourth-order valence-electron chi connectivity index (χ4n) is 4.07. The average Bonchev–Trinajstić information content (AvgIpc) is 3.26. The zero-order valence-electron chi connectivity index (χ0n) is 15.2. The van der Waals surface area contributed by atoms with E-state index in [1.807, 2.05) is 24.0 Å². The zero-order chi connectivity index (χ0) is 18.3. The van der Waals surface area contributed by atoms with Crippen molar-refractivity contribution in [3.8, 4) is 5.75 Å². The number of hydrogen-bond donors (Lipinski definition) is 0. The Bertz CT molecular complexity index is 860. The maximum atomic E-state index is 13.2. The number of pyridine rings is 1. The minimum atomic E-state index is -0.321. The smallest absolute Gasteiger partial charge is 0.254 e. The van der Waals surface area contributed by atoms with Gasteiger partial charge in [0.15, 0.2) is 0 Å². The Morgan fingerprint density at radius 3 is 2.62 bits per heavy atom. The van der Waals surface area contributed by atoms with E-state index in [-0.39, 0.29) is 23.0 Å². The van der Waals surface area contributed by atoms with Crippen LogP contribution in [0.25, 0.3) is 0 Å². The van der Waals surface area contributed by atoms with Crippen LogP contribution in [-0.4, -0.2) is 34.6 Å². The summed E-state index contributed by atoms with van der Waals surface area (Å²) < 4.78 is 7.52. The molecule has 1 aliphatic carbocycles. The molecule has 2 aromatic heterocycles. The second-order valence-corrected chi connectivity index (χ2v) is 8.39. The molecule has 0 unspecified atom stereocenters. The lowest BCUT2D eigenvalue weighted by Crippen LogP contribution is -2.60. The van der Waals surface area contributed by atoms with E-state index >= 15 is 0 Å². The fraction of sp³-hybridized carbons (Fsp3) is 0.500. The topological polar surface area (TPSA) is 51.5 Å². The number of carbonyl (C=O) groups excluding carboxylic acids is 1. The standard InChI is InChI=1S/C20H24N2O3S/c1-14-10-15(11-18(23)21(14)2)25-16-12-22(13-16)19(24)20(7-3-4-8-20)17-6-5-9-26-17/h5-6,9-11,16H,3-4,7-8,12-13H2,1-2H3. The van der Waals surface area contributed by atoms with Crippen LogP contribution in [0.1, 0.15) is 36.3 Å². The molecule has 3 heterocycles. The molecule has 1 aliphatic heterocycles. The average molecular weight is 372 g/mol. The maximum absolute atomic E-state index is 13.2. The van der Waals surface area contributed by atoms with Gasteiger partial charge < -0.3 is 14.2 Å². The Labute approximate surface area is 157 Å². The molecule has 6 heteroatoms. The monoisotopic (exact) mass is 372 g/mol. The molecule has 2 fully saturated rings. The molecule has 26 heavy (non-hydrogen) atoms. The quantitative estimate of drug-likeness (QED) is 0.829. The van der Waals surface area contributed by atoms with Crippen molar-refractivity contribution in [3.05, 3.63) is 50.6 Å². The predicted octanol–water partition coefficient (Wildman–Crippen LogP) is 2.86. The Morgan fingerprint density at radius 2 is 2.00 bits per heavy atom. The third-order valence-corrected chi connectivity index (χ3v) is 6.85. The molecule has 138 valence electrons. The van der Waals surface area contributed by atoms with Crippen molar-refractivity contribution >= 4 is 17.2 Å². The highest BCUT2D eigenvalue weighted by Gasteiger charge is 2.48. The lowest BCUT2D eigenvalue weighted by atomic mass is 9.82. The summed E-state index contributed by atoms with van der Waals surface area (Å²) in [5.74, 6) is 0.842. The van der Waals surface area contributed by atoms with Crippen LogP contribution < -0.4 is 10.3 Å². The highest BCUT2D eigenvalue weighted by molar-refractivity contribution is 7.10. The number of amides is 1. The van der Waals surface area contributed by atoms with Gasteiger partial charge in [-0.1, -0.05) is 18.9 Å². The molecule has 0 bridgehead atoms. The Balaban J connectivity index is 1.43. The summed E-state index contributed by atoms with van der Waals surface area (Å²) in [6, 6.07) is 7.52. The van der Waals surface area contributed by atoms with Crippen molar-refractivity contribution < 1.29 is 9.53 Å². The molecular formula is C20H24N2O3S. The second kappa shape index (κ2) is 6.58. The first kappa shape index (κ1) is 17.3. The number of aromatic nitrogens is 1. The molecule has 0 atom stereocenters. The number of hydrogen-bond acceptors (Lipinski definition) is 4. The van der Waals surface area contributed by atoms with E-state index in [0.29, 0.717) is 18.8 Å². The summed E-state index contributed by atoms with van der Waals surface area (Å²) in [4.78, 5) is 28.2. The van der Waals surface area contributed by atoms with Gasteiger partial charge in [0.25, 0.3) is 5.56 Å². The van der Waals surface area contributed by atoms with Crippen molar-refractivity contribution in [3.63, 3.8) is 0 Å². The highest BCUT2D eigenvalue weighted by Crippen LogP contribution is 2.45. The first-order valence-corrected chi connectivity index (χ1v) is 10.1. The summed E-state index contributed by atoms with van der Waals surface area (Å²) in [5, 5.41) is 2.06.